The van der Waals surface area contributed by atoms with Gasteiger partial charge in [0.1, 0.15) is 5.69 Å². The number of carbonyl (C=O) groups excluding carboxylic acids is 1. The van der Waals surface area contributed by atoms with Crippen molar-refractivity contribution in [3.8, 4) is 0 Å². The number of nitro benzene ring substituents is 1. The number of rotatable bonds is 2. The van der Waals surface area contributed by atoms with Gasteiger partial charge in [-0.25, -0.2) is 0 Å². The molecular weight excluding hydrogens is 338 g/mol. The average Bonchev–Trinajstić information content (AvgIpc) is 2.46. The fourth-order valence-corrected chi connectivity index (χ4v) is 3.59. The van der Waals surface area contributed by atoms with Gasteiger partial charge >= 0.3 is 0 Å². The van der Waals surface area contributed by atoms with E-state index in [1.165, 1.54) is 0 Å². The van der Waals surface area contributed by atoms with E-state index in [-0.39, 0.29) is 22.6 Å². The number of nitro groups is 1. The summed E-state index contributed by atoms with van der Waals surface area (Å²) < 4.78 is 0.706. The van der Waals surface area contributed by atoms with E-state index in [1.807, 2.05) is 6.07 Å². The van der Waals surface area contributed by atoms with E-state index in [2.05, 4.69) is 26.1 Å². The molecule has 6 nitrogen and oxygen atoms in total. The SMILES string of the molecule is O=C1CCC2CN(c3ccc(Br)cc3[N+](=O)[O-])CCC2N1. The average molecular weight is 354 g/mol. The molecule has 0 saturated carbocycles. The number of amides is 1. The molecule has 0 radical (unpaired) electrons. The van der Waals surface area contributed by atoms with Crippen LogP contribution in [0, 0.1) is 16.0 Å². The topological polar surface area (TPSA) is 75.5 Å². The molecule has 3 rings (SSSR count). The first kappa shape index (κ1) is 14.3. The van der Waals surface area contributed by atoms with Crippen molar-refractivity contribution in [1.29, 1.82) is 0 Å². The molecule has 2 atom stereocenters. The molecule has 2 unspecified atom stereocenters. The van der Waals surface area contributed by atoms with Crippen LogP contribution < -0.4 is 10.2 Å². The van der Waals surface area contributed by atoms with Gasteiger partial charge in [0.05, 0.1) is 4.92 Å². The maximum Gasteiger partial charge on any atom is 0.293 e. The van der Waals surface area contributed by atoms with E-state index < -0.39 is 0 Å². The van der Waals surface area contributed by atoms with Gasteiger partial charge in [0.15, 0.2) is 0 Å². The molecule has 2 heterocycles. The highest BCUT2D eigenvalue weighted by Gasteiger charge is 2.35. The molecule has 1 aromatic carbocycles. The van der Waals surface area contributed by atoms with Crippen LogP contribution in [0.5, 0.6) is 0 Å². The van der Waals surface area contributed by atoms with Gasteiger partial charge in [0.2, 0.25) is 5.91 Å². The van der Waals surface area contributed by atoms with E-state index in [0.717, 1.165) is 25.9 Å². The standard InChI is InChI=1S/C14H16BrN3O3/c15-10-2-3-12(13(7-10)18(20)21)17-6-5-11-9(8-17)1-4-14(19)16-11/h2-3,7,9,11H,1,4-6,8H2,(H,16,19). The van der Waals surface area contributed by atoms with Crippen molar-refractivity contribution in [2.24, 2.45) is 5.92 Å². The maximum absolute atomic E-state index is 11.4. The molecule has 2 fully saturated rings. The molecule has 7 heteroatoms. The van der Waals surface area contributed by atoms with Crippen LogP contribution in [0.1, 0.15) is 19.3 Å². The van der Waals surface area contributed by atoms with Gasteiger partial charge in [-0.1, -0.05) is 15.9 Å². The highest BCUT2D eigenvalue weighted by atomic mass is 79.9. The quantitative estimate of drug-likeness (QED) is 0.654. The van der Waals surface area contributed by atoms with Gasteiger partial charge in [-0.3, -0.25) is 14.9 Å². The number of halogens is 1. The summed E-state index contributed by atoms with van der Waals surface area (Å²) in [6.07, 6.45) is 2.25. The predicted octanol–water partition coefficient (Wildman–Crippen LogP) is 2.46. The summed E-state index contributed by atoms with van der Waals surface area (Å²) in [6, 6.07) is 5.39. The van der Waals surface area contributed by atoms with E-state index in [4.69, 9.17) is 0 Å². The first-order valence-corrected chi connectivity index (χ1v) is 7.82. The Morgan fingerprint density at radius 2 is 2.19 bits per heavy atom. The lowest BCUT2D eigenvalue weighted by Gasteiger charge is -2.42. The van der Waals surface area contributed by atoms with Crippen molar-refractivity contribution in [2.75, 3.05) is 18.0 Å². The fraction of sp³-hybridized carbons (Fsp3) is 0.500. The Labute approximate surface area is 130 Å². The molecule has 1 aromatic rings. The van der Waals surface area contributed by atoms with Crippen LogP contribution >= 0.6 is 15.9 Å². The molecule has 2 saturated heterocycles. The molecule has 112 valence electrons. The predicted molar refractivity (Wildman–Crippen MR) is 82.3 cm³/mol. The Morgan fingerprint density at radius 1 is 1.38 bits per heavy atom. The summed E-state index contributed by atoms with van der Waals surface area (Å²) in [5, 5.41) is 14.3. The number of nitrogens with one attached hydrogen (secondary N) is 1. The van der Waals surface area contributed by atoms with Gasteiger partial charge in [-0.05, 0) is 30.9 Å². The number of anilines is 1. The number of piperidine rings is 2. The van der Waals surface area contributed by atoms with Gasteiger partial charge in [-0.2, -0.15) is 0 Å². The molecule has 0 spiro atoms. The molecule has 0 aromatic heterocycles. The zero-order valence-electron chi connectivity index (χ0n) is 11.4. The molecule has 2 aliphatic rings. The van der Waals surface area contributed by atoms with Gasteiger partial charge in [-0.15, -0.1) is 0 Å². The second-order valence-electron chi connectivity index (χ2n) is 5.60. The van der Waals surface area contributed by atoms with Crippen molar-refractivity contribution in [1.82, 2.24) is 5.32 Å². The second kappa shape index (κ2) is 5.63. The molecule has 0 bridgehead atoms. The smallest absolute Gasteiger partial charge is 0.293 e. The van der Waals surface area contributed by atoms with Gasteiger partial charge in [0, 0.05) is 36.1 Å². The first-order chi connectivity index (χ1) is 10.0. The fourth-order valence-electron chi connectivity index (χ4n) is 3.24. The number of fused-ring (bicyclic) bond motifs is 1. The highest BCUT2D eigenvalue weighted by molar-refractivity contribution is 9.10. The van der Waals surface area contributed by atoms with E-state index in [1.54, 1.807) is 12.1 Å². The minimum atomic E-state index is -0.338. The van der Waals surface area contributed by atoms with Crippen LogP contribution in [0.25, 0.3) is 0 Å². The lowest BCUT2D eigenvalue weighted by molar-refractivity contribution is -0.384. The Bertz CT molecular complexity index is 593. The third kappa shape index (κ3) is 2.88. The normalized spacial score (nSPS) is 25.2. The summed E-state index contributed by atoms with van der Waals surface area (Å²) in [5.41, 5.74) is 0.793. The summed E-state index contributed by atoms with van der Waals surface area (Å²) in [6.45, 7) is 1.48. The zero-order chi connectivity index (χ0) is 15.0. The molecule has 2 aliphatic heterocycles. The van der Waals surface area contributed by atoms with Crippen molar-refractivity contribution in [3.63, 3.8) is 0 Å². The van der Waals surface area contributed by atoms with Crippen molar-refractivity contribution >= 4 is 33.2 Å². The molecule has 1 amide bonds. The summed E-state index contributed by atoms with van der Waals surface area (Å²) in [7, 11) is 0. The number of hydrogen-bond donors (Lipinski definition) is 1. The zero-order valence-corrected chi connectivity index (χ0v) is 13.0. The maximum atomic E-state index is 11.4. The summed E-state index contributed by atoms with van der Waals surface area (Å²) in [5.74, 6) is 0.499. The second-order valence-corrected chi connectivity index (χ2v) is 6.51. The Hall–Kier alpha value is -1.63. The van der Waals surface area contributed by atoms with E-state index >= 15 is 0 Å². The lowest BCUT2D eigenvalue weighted by Crippen LogP contribution is -2.54. The van der Waals surface area contributed by atoms with E-state index in [0.29, 0.717) is 22.5 Å². The van der Waals surface area contributed by atoms with Crippen LogP contribution in [-0.4, -0.2) is 30.0 Å². The Morgan fingerprint density at radius 3 is 2.95 bits per heavy atom. The van der Waals surface area contributed by atoms with Gasteiger partial charge < -0.3 is 10.2 Å². The van der Waals surface area contributed by atoms with E-state index in [9.17, 15) is 14.9 Å². The number of carbonyl (C=O) groups is 1. The van der Waals surface area contributed by atoms with Crippen LogP contribution in [0.3, 0.4) is 0 Å². The Kier molecular flexibility index (Phi) is 3.84. The summed E-state index contributed by atoms with van der Waals surface area (Å²) in [4.78, 5) is 24.4. The molecule has 21 heavy (non-hydrogen) atoms. The van der Waals surface area contributed by atoms with Crippen molar-refractivity contribution < 1.29 is 9.72 Å². The minimum absolute atomic E-state index is 0.124. The number of hydrogen-bond acceptors (Lipinski definition) is 4. The molecular formula is C14H16BrN3O3. The Balaban J connectivity index is 1.82. The van der Waals surface area contributed by atoms with Crippen molar-refractivity contribution in [3.05, 3.63) is 32.8 Å². The number of benzene rings is 1. The molecule has 1 N–H and O–H groups in total. The highest BCUT2D eigenvalue weighted by Crippen LogP contribution is 2.35. The monoisotopic (exact) mass is 353 g/mol. The first-order valence-electron chi connectivity index (χ1n) is 7.03. The van der Waals surface area contributed by atoms with Crippen LogP contribution in [-0.2, 0) is 4.79 Å². The third-order valence-electron chi connectivity index (χ3n) is 4.30. The largest absolute Gasteiger partial charge is 0.366 e. The van der Waals surface area contributed by atoms with Crippen LogP contribution in [0.4, 0.5) is 11.4 Å². The van der Waals surface area contributed by atoms with Crippen molar-refractivity contribution in [2.45, 2.75) is 25.3 Å². The number of nitrogens with zero attached hydrogens (tertiary/aromatic N) is 2. The van der Waals surface area contributed by atoms with Crippen LogP contribution in [0.2, 0.25) is 0 Å². The minimum Gasteiger partial charge on any atom is -0.366 e. The van der Waals surface area contributed by atoms with Crippen LogP contribution in [0.15, 0.2) is 22.7 Å². The van der Waals surface area contributed by atoms with Gasteiger partial charge in [0.25, 0.3) is 5.69 Å². The molecule has 0 aliphatic carbocycles. The third-order valence-corrected chi connectivity index (χ3v) is 4.79. The lowest BCUT2D eigenvalue weighted by atomic mass is 9.85. The summed E-state index contributed by atoms with van der Waals surface area (Å²) >= 11 is 3.28.